The Morgan fingerprint density at radius 1 is 1.62 bits per heavy atom. The highest BCUT2D eigenvalue weighted by Crippen LogP contribution is 2.19. The minimum atomic E-state index is 0.249. The van der Waals surface area contributed by atoms with Crippen molar-refractivity contribution in [2.45, 2.75) is 19.8 Å². The maximum Gasteiger partial charge on any atom is 0.149 e. The molecule has 0 saturated carbocycles. The maximum absolute atomic E-state index is 8.87. The van der Waals surface area contributed by atoms with E-state index in [4.69, 9.17) is 10.8 Å². The lowest BCUT2D eigenvalue weighted by atomic mass is 10.1. The molecule has 0 spiro atoms. The van der Waals surface area contributed by atoms with Crippen molar-refractivity contribution in [3.8, 4) is 0 Å². The zero-order chi connectivity index (χ0) is 12.0. The fraction of sp³-hybridized carbons (Fsp3) is 0.545. The first-order chi connectivity index (χ1) is 7.63. The van der Waals surface area contributed by atoms with Gasteiger partial charge in [-0.05, 0) is 40.8 Å². The fourth-order valence-electron chi connectivity index (χ4n) is 1.35. The standard InChI is InChI=1S/C11H18BrN3O/c1-8(7-16)3-2-4-14-11-10(13)5-9(12)6-15-11/h5-6,8,16H,2-4,7,13H2,1H3,(H,14,15). The molecule has 0 bridgehead atoms. The Labute approximate surface area is 104 Å². The van der Waals surface area contributed by atoms with Crippen molar-refractivity contribution in [1.82, 2.24) is 4.98 Å². The third kappa shape index (κ3) is 4.37. The van der Waals surface area contributed by atoms with Crippen LogP contribution in [-0.2, 0) is 0 Å². The topological polar surface area (TPSA) is 71.2 Å². The summed E-state index contributed by atoms with van der Waals surface area (Å²) in [5, 5.41) is 12.0. The second kappa shape index (κ2) is 6.70. The molecule has 1 rings (SSSR count). The summed E-state index contributed by atoms with van der Waals surface area (Å²) in [5.41, 5.74) is 6.44. The van der Waals surface area contributed by atoms with Gasteiger partial charge in [0, 0.05) is 23.8 Å². The van der Waals surface area contributed by atoms with Gasteiger partial charge in [-0.25, -0.2) is 4.98 Å². The number of rotatable bonds is 6. The van der Waals surface area contributed by atoms with Gasteiger partial charge in [-0.1, -0.05) is 6.92 Å². The van der Waals surface area contributed by atoms with Gasteiger partial charge >= 0.3 is 0 Å². The summed E-state index contributed by atoms with van der Waals surface area (Å²) < 4.78 is 0.879. The van der Waals surface area contributed by atoms with Crippen molar-refractivity contribution in [3.63, 3.8) is 0 Å². The molecule has 1 aromatic rings. The van der Waals surface area contributed by atoms with E-state index in [2.05, 4.69) is 26.2 Å². The molecule has 4 nitrogen and oxygen atoms in total. The van der Waals surface area contributed by atoms with E-state index in [1.54, 1.807) is 6.20 Å². The molecule has 0 fully saturated rings. The quantitative estimate of drug-likeness (QED) is 0.702. The number of hydrogen-bond donors (Lipinski definition) is 3. The molecule has 0 aromatic carbocycles. The van der Waals surface area contributed by atoms with Crippen LogP contribution in [0.25, 0.3) is 0 Å². The molecule has 0 saturated heterocycles. The first-order valence-corrected chi connectivity index (χ1v) is 6.18. The van der Waals surface area contributed by atoms with Crippen molar-refractivity contribution < 1.29 is 5.11 Å². The van der Waals surface area contributed by atoms with Gasteiger partial charge in [0.15, 0.2) is 0 Å². The summed E-state index contributed by atoms with van der Waals surface area (Å²) in [7, 11) is 0. The van der Waals surface area contributed by atoms with Crippen LogP contribution >= 0.6 is 15.9 Å². The van der Waals surface area contributed by atoms with Crippen LogP contribution in [0.1, 0.15) is 19.8 Å². The van der Waals surface area contributed by atoms with E-state index in [-0.39, 0.29) is 6.61 Å². The number of aromatic nitrogens is 1. The molecular formula is C11H18BrN3O. The number of pyridine rings is 1. The number of aliphatic hydroxyl groups excluding tert-OH is 1. The minimum absolute atomic E-state index is 0.249. The Morgan fingerprint density at radius 2 is 2.38 bits per heavy atom. The molecule has 0 amide bonds. The molecule has 90 valence electrons. The second-order valence-electron chi connectivity index (χ2n) is 3.95. The average Bonchev–Trinajstić information content (AvgIpc) is 2.26. The molecule has 0 radical (unpaired) electrons. The molecule has 16 heavy (non-hydrogen) atoms. The van der Waals surface area contributed by atoms with Crippen LogP contribution in [0.2, 0.25) is 0 Å². The molecule has 1 heterocycles. The zero-order valence-corrected chi connectivity index (χ0v) is 11.0. The first-order valence-electron chi connectivity index (χ1n) is 5.39. The predicted molar refractivity (Wildman–Crippen MR) is 70.3 cm³/mol. The summed E-state index contributed by atoms with van der Waals surface area (Å²) in [5.74, 6) is 1.08. The summed E-state index contributed by atoms with van der Waals surface area (Å²) in [4.78, 5) is 4.18. The van der Waals surface area contributed by atoms with Gasteiger partial charge in [-0.3, -0.25) is 0 Å². The van der Waals surface area contributed by atoms with Crippen molar-refractivity contribution in [3.05, 3.63) is 16.7 Å². The van der Waals surface area contributed by atoms with Crippen molar-refractivity contribution in [1.29, 1.82) is 0 Å². The number of nitrogens with zero attached hydrogens (tertiary/aromatic N) is 1. The predicted octanol–water partition coefficient (Wildman–Crippen LogP) is 2.25. The first kappa shape index (κ1) is 13.3. The molecule has 4 N–H and O–H groups in total. The maximum atomic E-state index is 8.87. The normalized spacial score (nSPS) is 12.4. The van der Waals surface area contributed by atoms with Gasteiger partial charge < -0.3 is 16.2 Å². The van der Waals surface area contributed by atoms with E-state index in [0.717, 1.165) is 29.7 Å². The average molecular weight is 288 g/mol. The summed E-state index contributed by atoms with van der Waals surface area (Å²) >= 11 is 3.31. The smallest absolute Gasteiger partial charge is 0.149 e. The third-order valence-electron chi connectivity index (χ3n) is 2.36. The number of anilines is 2. The minimum Gasteiger partial charge on any atom is -0.396 e. The van der Waals surface area contributed by atoms with Crippen LogP contribution in [0.3, 0.4) is 0 Å². The van der Waals surface area contributed by atoms with Crippen molar-refractivity contribution in [2.75, 3.05) is 24.2 Å². The Kier molecular flexibility index (Phi) is 5.55. The number of nitrogens with one attached hydrogen (secondary N) is 1. The molecule has 0 aliphatic heterocycles. The molecule has 1 atom stereocenters. The zero-order valence-electron chi connectivity index (χ0n) is 9.41. The Hall–Kier alpha value is -0.810. The van der Waals surface area contributed by atoms with Gasteiger partial charge in [0.2, 0.25) is 0 Å². The molecular weight excluding hydrogens is 270 g/mol. The van der Waals surface area contributed by atoms with E-state index in [1.165, 1.54) is 0 Å². The summed E-state index contributed by atoms with van der Waals surface area (Å²) in [6.45, 7) is 3.11. The van der Waals surface area contributed by atoms with Gasteiger partial charge in [-0.2, -0.15) is 0 Å². The van der Waals surface area contributed by atoms with Crippen molar-refractivity contribution >= 4 is 27.4 Å². The fourth-order valence-corrected chi connectivity index (χ4v) is 1.70. The van der Waals surface area contributed by atoms with Gasteiger partial charge in [-0.15, -0.1) is 0 Å². The number of halogens is 1. The lowest BCUT2D eigenvalue weighted by Crippen LogP contribution is -2.08. The lowest BCUT2D eigenvalue weighted by Gasteiger charge is -2.10. The highest BCUT2D eigenvalue weighted by atomic mass is 79.9. The van der Waals surface area contributed by atoms with Gasteiger partial charge in [0.1, 0.15) is 5.82 Å². The van der Waals surface area contributed by atoms with Crippen LogP contribution in [0.5, 0.6) is 0 Å². The SMILES string of the molecule is CC(CO)CCCNc1ncc(Br)cc1N. The number of nitrogen functional groups attached to an aromatic ring is 1. The van der Waals surface area contributed by atoms with E-state index in [1.807, 2.05) is 13.0 Å². The van der Waals surface area contributed by atoms with E-state index in [0.29, 0.717) is 11.6 Å². The summed E-state index contributed by atoms with van der Waals surface area (Å²) in [6, 6.07) is 1.83. The second-order valence-corrected chi connectivity index (χ2v) is 4.86. The van der Waals surface area contributed by atoms with E-state index in [9.17, 15) is 0 Å². The van der Waals surface area contributed by atoms with Crippen LogP contribution in [0, 0.1) is 5.92 Å². The highest BCUT2D eigenvalue weighted by Gasteiger charge is 2.02. The molecule has 0 aliphatic carbocycles. The Balaban J connectivity index is 2.32. The van der Waals surface area contributed by atoms with E-state index >= 15 is 0 Å². The molecule has 1 unspecified atom stereocenters. The van der Waals surface area contributed by atoms with Crippen LogP contribution in [0.4, 0.5) is 11.5 Å². The molecule has 0 aliphatic rings. The third-order valence-corrected chi connectivity index (χ3v) is 2.80. The highest BCUT2D eigenvalue weighted by molar-refractivity contribution is 9.10. The van der Waals surface area contributed by atoms with Crippen LogP contribution in [0.15, 0.2) is 16.7 Å². The molecule has 5 heteroatoms. The monoisotopic (exact) mass is 287 g/mol. The summed E-state index contributed by atoms with van der Waals surface area (Å²) in [6.07, 6.45) is 3.72. The molecule has 1 aromatic heterocycles. The lowest BCUT2D eigenvalue weighted by molar-refractivity contribution is 0.229. The van der Waals surface area contributed by atoms with Crippen molar-refractivity contribution in [2.24, 2.45) is 5.92 Å². The van der Waals surface area contributed by atoms with E-state index < -0.39 is 0 Å². The Bertz CT molecular complexity index is 333. The van der Waals surface area contributed by atoms with Crippen LogP contribution in [-0.4, -0.2) is 23.2 Å². The van der Waals surface area contributed by atoms with Gasteiger partial charge in [0.25, 0.3) is 0 Å². The number of hydrogen-bond acceptors (Lipinski definition) is 4. The largest absolute Gasteiger partial charge is 0.396 e. The number of nitrogens with two attached hydrogens (primary N) is 1. The Morgan fingerprint density at radius 3 is 3.00 bits per heavy atom. The number of aliphatic hydroxyl groups is 1. The van der Waals surface area contributed by atoms with Gasteiger partial charge in [0.05, 0.1) is 5.69 Å². The van der Waals surface area contributed by atoms with Crippen LogP contribution < -0.4 is 11.1 Å².